The quantitative estimate of drug-likeness (QED) is 0.540. The van der Waals surface area contributed by atoms with Gasteiger partial charge in [-0.2, -0.15) is 0 Å². The Morgan fingerprint density at radius 1 is 0.737 bits per heavy atom. The van der Waals surface area contributed by atoms with Gasteiger partial charge in [0.25, 0.3) is 0 Å². The molecule has 19 heavy (non-hydrogen) atoms. The van der Waals surface area contributed by atoms with E-state index in [0.29, 0.717) is 11.8 Å². The lowest BCUT2D eigenvalue weighted by Gasteiger charge is -2.28. The highest BCUT2D eigenvalue weighted by Gasteiger charge is 2.23. The molecule has 4 heteroatoms. The van der Waals surface area contributed by atoms with Crippen LogP contribution in [0.2, 0.25) is 0 Å². The molecule has 0 aromatic rings. The smallest absolute Gasteiger partial charge is 0.0580 e. The van der Waals surface area contributed by atoms with Crippen molar-refractivity contribution in [2.75, 3.05) is 0 Å². The summed E-state index contributed by atoms with van der Waals surface area (Å²) < 4.78 is 0. The van der Waals surface area contributed by atoms with Crippen LogP contribution in [-0.2, 0) is 0 Å². The second-order valence-electron chi connectivity index (χ2n) is 6.24. The summed E-state index contributed by atoms with van der Waals surface area (Å²) in [4.78, 5) is 0. The summed E-state index contributed by atoms with van der Waals surface area (Å²) in [6.45, 7) is 4.16. The van der Waals surface area contributed by atoms with Crippen LogP contribution in [0.5, 0.6) is 0 Å². The molecule has 2 saturated carbocycles. The molecule has 0 aromatic carbocycles. The van der Waals surface area contributed by atoms with Gasteiger partial charge in [0.15, 0.2) is 0 Å². The molecule has 116 valence electrons. The van der Waals surface area contributed by atoms with Gasteiger partial charge in [0.05, 0.1) is 12.2 Å². The lowest BCUT2D eigenvalue weighted by atomic mass is 9.85. The zero-order valence-electron chi connectivity index (χ0n) is 11.8. The van der Waals surface area contributed by atoms with Crippen molar-refractivity contribution in [1.29, 1.82) is 0 Å². The molecule has 4 nitrogen and oxygen atoms in total. The first kappa shape index (κ1) is 18.8. The van der Waals surface area contributed by atoms with Crippen molar-refractivity contribution in [3.63, 3.8) is 0 Å². The van der Waals surface area contributed by atoms with Crippen LogP contribution in [0.4, 0.5) is 0 Å². The largest absolute Gasteiger partial charge is 0.393 e. The molecule has 2 aliphatic rings. The van der Waals surface area contributed by atoms with Crippen LogP contribution in [-0.4, -0.2) is 34.5 Å². The molecule has 2 aliphatic carbocycles. The highest BCUT2D eigenvalue weighted by molar-refractivity contribution is 4.79. The van der Waals surface area contributed by atoms with E-state index in [1.54, 1.807) is 0 Å². The topological polar surface area (TPSA) is 92.5 Å². The van der Waals surface area contributed by atoms with Crippen molar-refractivity contribution in [3.05, 3.63) is 0 Å². The summed E-state index contributed by atoms with van der Waals surface area (Å²) in [5.41, 5.74) is 11.3. The molecule has 0 amide bonds. The number of aliphatic hydroxyl groups excluding tert-OH is 2. The van der Waals surface area contributed by atoms with Crippen molar-refractivity contribution in [2.45, 2.75) is 84.1 Å². The van der Waals surface area contributed by atoms with Crippen molar-refractivity contribution >= 4 is 0 Å². The molecular weight excluding hydrogens is 240 g/mol. The average Bonchev–Trinajstić information content (AvgIpc) is 2.30. The van der Waals surface area contributed by atoms with Crippen LogP contribution in [0.3, 0.4) is 0 Å². The minimum atomic E-state index is -0.145. The van der Waals surface area contributed by atoms with Crippen molar-refractivity contribution < 1.29 is 10.2 Å². The second-order valence-corrected chi connectivity index (χ2v) is 6.24. The zero-order valence-corrected chi connectivity index (χ0v) is 11.8. The second kappa shape index (κ2) is 8.90. The number of hydrogen-bond acceptors (Lipinski definition) is 4. The minimum absolute atomic E-state index is 0. The Hall–Kier alpha value is -0.160. The number of rotatable bonds is 0. The van der Waals surface area contributed by atoms with Crippen molar-refractivity contribution in [2.24, 2.45) is 23.3 Å². The van der Waals surface area contributed by atoms with E-state index in [1.165, 1.54) is 0 Å². The van der Waals surface area contributed by atoms with E-state index in [1.807, 2.05) is 0 Å². The van der Waals surface area contributed by atoms with Gasteiger partial charge in [-0.05, 0) is 50.4 Å². The summed E-state index contributed by atoms with van der Waals surface area (Å²) in [6.07, 6.45) is 5.63. The normalized spacial score (nSPS) is 42.6. The first-order chi connectivity index (χ1) is 8.40. The molecule has 6 atom stereocenters. The highest BCUT2D eigenvalue weighted by atomic mass is 16.3. The van der Waals surface area contributed by atoms with E-state index in [2.05, 4.69) is 13.8 Å². The van der Waals surface area contributed by atoms with Crippen LogP contribution >= 0.6 is 0 Å². The van der Waals surface area contributed by atoms with E-state index in [0.717, 1.165) is 38.5 Å². The third-order valence-corrected chi connectivity index (χ3v) is 4.39. The molecule has 0 heterocycles. The third-order valence-electron chi connectivity index (χ3n) is 4.39. The average molecular weight is 274 g/mol. The lowest BCUT2D eigenvalue weighted by Crippen LogP contribution is -2.35. The number of nitrogens with two attached hydrogens (primary N) is 2. The van der Waals surface area contributed by atoms with Gasteiger partial charge in [-0.25, -0.2) is 0 Å². The van der Waals surface area contributed by atoms with Gasteiger partial charge in [-0.1, -0.05) is 21.3 Å². The van der Waals surface area contributed by atoms with Gasteiger partial charge in [-0.15, -0.1) is 0 Å². The van der Waals surface area contributed by atoms with Gasteiger partial charge in [0.2, 0.25) is 0 Å². The Labute approximate surface area is 118 Å². The summed E-state index contributed by atoms with van der Waals surface area (Å²) >= 11 is 0. The maximum Gasteiger partial charge on any atom is 0.0580 e. The maximum atomic E-state index is 9.27. The fourth-order valence-electron chi connectivity index (χ4n) is 2.66. The minimum Gasteiger partial charge on any atom is -0.393 e. The molecule has 0 radical (unpaired) electrons. The molecule has 6 N–H and O–H groups in total. The summed E-state index contributed by atoms with van der Waals surface area (Å²) in [6, 6.07) is 0.493. The van der Waals surface area contributed by atoms with Crippen LogP contribution in [0, 0.1) is 11.8 Å². The molecule has 0 spiro atoms. The van der Waals surface area contributed by atoms with Crippen LogP contribution < -0.4 is 11.5 Å². The van der Waals surface area contributed by atoms with E-state index in [-0.39, 0.29) is 31.7 Å². The van der Waals surface area contributed by atoms with E-state index < -0.39 is 0 Å². The first-order valence-corrected chi connectivity index (χ1v) is 7.27. The molecule has 0 aromatic heterocycles. The Balaban J connectivity index is 0.000000324. The number of aliphatic hydroxyl groups is 2. The molecule has 0 saturated heterocycles. The van der Waals surface area contributed by atoms with E-state index in [9.17, 15) is 10.2 Å². The Morgan fingerprint density at radius 2 is 1.05 bits per heavy atom. The van der Waals surface area contributed by atoms with Crippen LogP contribution in [0.15, 0.2) is 0 Å². The third kappa shape index (κ3) is 6.70. The van der Waals surface area contributed by atoms with Gasteiger partial charge in [0, 0.05) is 12.1 Å². The first-order valence-electron chi connectivity index (χ1n) is 7.27. The Morgan fingerprint density at radius 3 is 1.26 bits per heavy atom. The fourth-order valence-corrected chi connectivity index (χ4v) is 2.66. The van der Waals surface area contributed by atoms with Crippen molar-refractivity contribution in [3.8, 4) is 0 Å². The van der Waals surface area contributed by atoms with Gasteiger partial charge < -0.3 is 21.7 Å². The van der Waals surface area contributed by atoms with Gasteiger partial charge in [-0.3, -0.25) is 0 Å². The van der Waals surface area contributed by atoms with E-state index >= 15 is 0 Å². The summed E-state index contributed by atoms with van der Waals surface area (Å²) in [7, 11) is 0. The molecule has 0 unspecified atom stereocenters. The standard InChI is InChI=1S/2C7H15NO.CH4/c2*1-5-2-3-6(8)4-7(5)9;/h2*5-7,9H,2-4,8H2,1H3;1H4/t2*5-,6-,7-;/m10./s1. The predicted octanol–water partition coefficient (Wildman–Crippen LogP) is 1.63. The van der Waals surface area contributed by atoms with Gasteiger partial charge >= 0.3 is 0 Å². The molecule has 0 aliphatic heterocycles. The fraction of sp³-hybridized carbons (Fsp3) is 1.00. The molecule has 2 rings (SSSR count). The van der Waals surface area contributed by atoms with Crippen LogP contribution in [0.25, 0.3) is 0 Å². The lowest BCUT2D eigenvalue weighted by molar-refractivity contribution is 0.0705. The monoisotopic (exact) mass is 274 g/mol. The highest BCUT2D eigenvalue weighted by Crippen LogP contribution is 2.23. The van der Waals surface area contributed by atoms with Gasteiger partial charge in [0.1, 0.15) is 0 Å². The zero-order chi connectivity index (χ0) is 13.7. The molecule has 0 bridgehead atoms. The summed E-state index contributed by atoms with van der Waals surface area (Å²) in [5, 5.41) is 18.5. The van der Waals surface area contributed by atoms with Crippen molar-refractivity contribution in [1.82, 2.24) is 0 Å². The van der Waals surface area contributed by atoms with Crippen LogP contribution in [0.1, 0.15) is 59.8 Å². The Kier molecular flexibility index (Phi) is 8.83. The maximum absolute atomic E-state index is 9.27. The van der Waals surface area contributed by atoms with E-state index in [4.69, 9.17) is 11.5 Å². The SMILES string of the molecule is C.C[C@@H]1CC[C@@H](N)C[C@H]1O.C[C@H]1CC[C@H](N)C[C@@H]1O. The predicted molar refractivity (Wildman–Crippen MR) is 80.7 cm³/mol. The molecular formula is C15H34N2O2. The Bertz CT molecular complexity index is 214. The summed E-state index contributed by atoms with van der Waals surface area (Å²) in [5.74, 6) is 0.926. The number of hydrogen-bond donors (Lipinski definition) is 4. The molecule has 2 fully saturated rings.